The lowest BCUT2D eigenvalue weighted by Crippen LogP contribution is -2.19. The summed E-state index contributed by atoms with van der Waals surface area (Å²) in [6.45, 7) is 1.85. The zero-order chi connectivity index (χ0) is 23.0. The van der Waals surface area contributed by atoms with Crippen molar-refractivity contribution in [2.45, 2.75) is 13.0 Å². The van der Waals surface area contributed by atoms with Gasteiger partial charge in [0.2, 0.25) is 0 Å². The summed E-state index contributed by atoms with van der Waals surface area (Å²) in [6, 6.07) is 10.7. The predicted octanol–water partition coefficient (Wildman–Crippen LogP) is 3.32. The topological polar surface area (TPSA) is 136 Å². The SMILES string of the molecule is COc1cc([N+](=O)[O-])ccc1NC(=O)/C(C#N)=C\NC(C)c1ccc(OC)c(OC)c1. The van der Waals surface area contributed by atoms with Gasteiger partial charge in [-0.3, -0.25) is 14.9 Å². The molecule has 1 amide bonds. The Kier molecular flexibility index (Phi) is 7.80. The lowest BCUT2D eigenvalue weighted by Gasteiger charge is -2.15. The second-order valence-electron chi connectivity index (χ2n) is 6.27. The Bertz CT molecular complexity index is 1040. The van der Waals surface area contributed by atoms with Gasteiger partial charge in [0, 0.05) is 18.3 Å². The van der Waals surface area contributed by atoms with Crippen LogP contribution in [0.25, 0.3) is 0 Å². The molecule has 2 rings (SSSR count). The molecule has 0 aliphatic rings. The molecule has 10 nitrogen and oxygen atoms in total. The third-order valence-corrected chi connectivity index (χ3v) is 4.39. The van der Waals surface area contributed by atoms with Crippen molar-refractivity contribution >= 4 is 17.3 Å². The van der Waals surface area contributed by atoms with Gasteiger partial charge in [-0.25, -0.2) is 0 Å². The quantitative estimate of drug-likeness (QED) is 0.270. The van der Waals surface area contributed by atoms with E-state index in [1.165, 1.54) is 38.6 Å². The highest BCUT2D eigenvalue weighted by atomic mass is 16.6. The van der Waals surface area contributed by atoms with Crippen LogP contribution in [0.2, 0.25) is 0 Å². The number of non-ortho nitro benzene ring substituents is 1. The van der Waals surface area contributed by atoms with Crippen LogP contribution in [0.3, 0.4) is 0 Å². The van der Waals surface area contributed by atoms with E-state index in [0.29, 0.717) is 11.5 Å². The van der Waals surface area contributed by atoms with Crippen molar-refractivity contribution in [3.8, 4) is 23.3 Å². The number of rotatable bonds is 9. The number of nitriles is 1. The van der Waals surface area contributed by atoms with Gasteiger partial charge in [0.05, 0.1) is 38.0 Å². The van der Waals surface area contributed by atoms with Gasteiger partial charge in [0.25, 0.3) is 11.6 Å². The Labute approximate surface area is 179 Å². The fourth-order valence-electron chi connectivity index (χ4n) is 2.66. The molecule has 31 heavy (non-hydrogen) atoms. The standard InChI is InChI=1S/C21H22N4O6/c1-13(14-5-8-18(29-2)20(9-14)31-4)23-12-15(11-22)21(26)24-17-7-6-16(25(27)28)10-19(17)30-3/h5-10,12-13,23H,1-4H3,(H,24,26)/b15-12-. The van der Waals surface area contributed by atoms with E-state index in [0.717, 1.165) is 5.56 Å². The molecule has 2 aromatic rings. The summed E-state index contributed by atoms with van der Waals surface area (Å²) in [5, 5.41) is 25.8. The first-order chi connectivity index (χ1) is 14.8. The molecule has 0 spiro atoms. The number of ether oxygens (including phenoxy) is 3. The predicted molar refractivity (Wildman–Crippen MR) is 113 cm³/mol. The monoisotopic (exact) mass is 426 g/mol. The second-order valence-corrected chi connectivity index (χ2v) is 6.27. The first kappa shape index (κ1) is 23.0. The van der Waals surface area contributed by atoms with E-state index in [1.54, 1.807) is 19.2 Å². The number of nitro groups is 1. The fourth-order valence-corrected chi connectivity index (χ4v) is 2.66. The van der Waals surface area contributed by atoms with Crippen molar-refractivity contribution in [1.29, 1.82) is 5.26 Å². The fraction of sp³-hybridized carbons (Fsp3) is 0.238. The van der Waals surface area contributed by atoms with Crippen molar-refractivity contribution in [3.63, 3.8) is 0 Å². The number of nitrogens with one attached hydrogen (secondary N) is 2. The van der Waals surface area contributed by atoms with E-state index in [1.807, 2.05) is 19.1 Å². The molecule has 1 atom stereocenters. The Morgan fingerprint density at radius 2 is 1.77 bits per heavy atom. The number of nitro benzene ring substituents is 1. The maximum Gasteiger partial charge on any atom is 0.273 e. The first-order valence-corrected chi connectivity index (χ1v) is 9.06. The number of carbonyl (C=O) groups excluding carboxylic acids is 1. The lowest BCUT2D eigenvalue weighted by atomic mass is 10.1. The molecule has 162 valence electrons. The number of hydrogen-bond donors (Lipinski definition) is 2. The molecular weight excluding hydrogens is 404 g/mol. The van der Waals surface area contributed by atoms with Gasteiger partial charge in [0.1, 0.15) is 17.4 Å². The van der Waals surface area contributed by atoms with Crippen LogP contribution < -0.4 is 24.8 Å². The molecule has 0 bridgehead atoms. The minimum absolute atomic E-state index is 0.103. The van der Waals surface area contributed by atoms with E-state index in [2.05, 4.69) is 10.6 Å². The average Bonchev–Trinajstić information content (AvgIpc) is 2.78. The van der Waals surface area contributed by atoms with E-state index < -0.39 is 10.8 Å². The molecular formula is C21H22N4O6. The van der Waals surface area contributed by atoms with Crippen molar-refractivity contribution in [3.05, 3.63) is 63.8 Å². The molecule has 2 aromatic carbocycles. The minimum atomic E-state index is -0.693. The summed E-state index contributed by atoms with van der Waals surface area (Å²) in [6.07, 6.45) is 1.30. The maximum atomic E-state index is 12.5. The Balaban J connectivity index is 2.16. The van der Waals surface area contributed by atoms with Crippen LogP contribution in [0.4, 0.5) is 11.4 Å². The third kappa shape index (κ3) is 5.63. The van der Waals surface area contributed by atoms with Gasteiger partial charge in [-0.05, 0) is 30.7 Å². The van der Waals surface area contributed by atoms with E-state index in [9.17, 15) is 20.2 Å². The highest BCUT2D eigenvalue weighted by molar-refractivity contribution is 6.07. The van der Waals surface area contributed by atoms with Crippen molar-refractivity contribution in [1.82, 2.24) is 5.32 Å². The van der Waals surface area contributed by atoms with E-state index >= 15 is 0 Å². The zero-order valence-corrected chi connectivity index (χ0v) is 17.5. The van der Waals surface area contributed by atoms with E-state index in [4.69, 9.17) is 14.2 Å². The summed E-state index contributed by atoms with van der Waals surface area (Å²) in [5.41, 5.74) is 0.680. The Morgan fingerprint density at radius 3 is 2.35 bits per heavy atom. The van der Waals surface area contributed by atoms with Crippen LogP contribution in [0, 0.1) is 21.4 Å². The molecule has 0 aliphatic carbocycles. The highest BCUT2D eigenvalue weighted by Crippen LogP contribution is 2.30. The van der Waals surface area contributed by atoms with Gasteiger partial charge < -0.3 is 24.8 Å². The van der Waals surface area contributed by atoms with E-state index in [-0.39, 0.29) is 28.7 Å². The van der Waals surface area contributed by atoms with Crippen LogP contribution in [-0.4, -0.2) is 32.2 Å². The second kappa shape index (κ2) is 10.5. The van der Waals surface area contributed by atoms with Crippen molar-refractivity contribution < 1.29 is 23.9 Å². The molecule has 1 unspecified atom stereocenters. The Hall–Kier alpha value is -4.26. The normalized spacial score (nSPS) is 11.6. The average molecular weight is 426 g/mol. The molecule has 0 fully saturated rings. The molecule has 0 saturated heterocycles. The van der Waals surface area contributed by atoms with Gasteiger partial charge in [-0.2, -0.15) is 5.26 Å². The molecule has 10 heteroatoms. The molecule has 0 aromatic heterocycles. The Morgan fingerprint density at radius 1 is 1.10 bits per heavy atom. The number of anilines is 1. The van der Waals surface area contributed by atoms with Gasteiger partial charge in [0.15, 0.2) is 11.5 Å². The summed E-state index contributed by atoms with van der Waals surface area (Å²) in [7, 11) is 4.39. The molecule has 2 N–H and O–H groups in total. The number of methoxy groups -OCH3 is 3. The van der Waals surface area contributed by atoms with Crippen LogP contribution in [0.15, 0.2) is 48.2 Å². The summed E-state index contributed by atoms with van der Waals surface area (Å²) in [5.74, 6) is 0.553. The smallest absolute Gasteiger partial charge is 0.273 e. The summed E-state index contributed by atoms with van der Waals surface area (Å²) < 4.78 is 15.6. The van der Waals surface area contributed by atoms with Crippen LogP contribution >= 0.6 is 0 Å². The highest BCUT2D eigenvalue weighted by Gasteiger charge is 2.16. The maximum absolute atomic E-state index is 12.5. The van der Waals surface area contributed by atoms with Gasteiger partial charge in [-0.1, -0.05) is 6.07 Å². The summed E-state index contributed by atoms with van der Waals surface area (Å²) >= 11 is 0. The third-order valence-electron chi connectivity index (χ3n) is 4.39. The van der Waals surface area contributed by atoms with Gasteiger partial charge >= 0.3 is 0 Å². The van der Waals surface area contributed by atoms with Crippen LogP contribution in [0.1, 0.15) is 18.5 Å². The van der Waals surface area contributed by atoms with Crippen LogP contribution in [0.5, 0.6) is 17.2 Å². The van der Waals surface area contributed by atoms with Crippen molar-refractivity contribution in [2.75, 3.05) is 26.6 Å². The van der Waals surface area contributed by atoms with Gasteiger partial charge in [-0.15, -0.1) is 0 Å². The van der Waals surface area contributed by atoms with Crippen molar-refractivity contribution in [2.24, 2.45) is 0 Å². The number of amides is 1. The molecule has 0 radical (unpaired) electrons. The summed E-state index contributed by atoms with van der Waals surface area (Å²) in [4.78, 5) is 22.8. The minimum Gasteiger partial charge on any atom is -0.494 e. The molecule has 0 aliphatic heterocycles. The largest absolute Gasteiger partial charge is 0.494 e. The number of benzene rings is 2. The van der Waals surface area contributed by atoms with Crippen LogP contribution in [-0.2, 0) is 4.79 Å². The lowest BCUT2D eigenvalue weighted by molar-refractivity contribution is -0.384. The number of carbonyl (C=O) groups is 1. The molecule has 0 heterocycles. The first-order valence-electron chi connectivity index (χ1n) is 9.06. The number of hydrogen-bond acceptors (Lipinski definition) is 8. The number of nitrogens with zero attached hydrogens (tertiary/aromatic N) is 2. The zero-order valence-electron chi connectivity index (χ0n) is 17.5. The molecule has 0 saturated carbocycles.